The summed E-state index contributed by atoms with van der Waals surface area (Å²) in [5, 5.41) is 42.4. The maximum atomic E-state index is 11.6. The Bertz CT molecular complexity index is 639. The fourth-order valence-corrected chi connectivity index (χ4v) is 9.32. The number of fused-ring (bicyclic) bond motifs is 5. The van der Waals surface area contributed by atoms with Gasteiger partial charge in [-0.05, 0) is 92.3 Å². The molecule has 4 fully saturated rings. The molecule has 4 unspecified atom stereocenters. The molecular weight excluding hydrogens is 388 g/mol. The molecule has 4 nitrogen and oxygen atoms in total. The van der Waals surface area contributed by atoms with Crippen LogP contribution in [0.15, 0.2) is 0 Å². The highest BCUT2D eigenvalue weighted by molar-refractivity contribution is 5.17. The molecule has 0 heterocycles. The lowest BCUT2D eigenvalue weighted by Crippen LogP contribution is -2.68. The first-order valence-electron chi connectivity index (χ1n) is 13.3. The minimum atomic E-state index is -1.13. The Kier molecular flexibility index (Phi) is 6.62. The monoisotopic (exact) mass is 436 g/mol. The second-order valence-corrected chi connectivity index (χ2v) is 12.8. The second-order valence-electron chi connectivity index (χ2n) is 12.8. The molecule has 11 atom stereocenters. The summed E-state index contributed by atoms with van der Waals surface area (Å²) in [6.07, 6.45) is 9.97. The molecule has 0 bridgehead atoms. The molecule has 0 spiro atoms. The summed E-state index contributed by atoms with van der Waals surface area (Å²) >= 11 is 0. The van der Waals surface area contributed by atoms with Gasteiger partial charge in [-0.3, -0.25) is 0 Å². The summed E-state index contributed by atoms with van der Waals surface area (Å²) in [5.41, 5.74) is -1.06. The molecule has 4 N–H and O–H groups in total. The lowest BCUT2D eigenvalue weighted by Gasteiger charge is -2.65. The summed E-state index contributed by atoms with van der Waals surface area (Å²) in [6.45, 7) is 9.65. The van der Waals surface area contributed by atoms with Crippen molar-refractivity contribution < 1.29 is 20.4 Å². The van der Waals surface area contributed by atoms with Gasteiger partial charge in [0.1, 0.15) is 0 Å². The van der Waals surface area contributed by atoms with Gasteiger partial charge in [0.15, 0.2) is 0 Å². The van der Waals surface area contributed by atoms with Crippen molar-refractivity contribution in [1.82, 2.24) is 0 Å². The molecular formula is C27H48O4. The normalized spacial score (nSPS) is 51.5. The third-order valence-electron chi connectivity index (χ3n) is 11.3. The van der Waals surface area contributed by atoms with E-state index in [0.717, 1.165) is 31.6 Å². The van der Waals surface area contributed by atoms with E-state index < -0.39 is 17.8 Å². The summed E-state index contributed by atoms with van der Waals surface area (Å²) in [4.78, 5) is 0. The van der Waals surface area contributed by atoms with Crippen molar-refractivity contribution in [2.75, 3.05) is 6.61 Å². The maximum absolute atomic E-state index is 11.6. The predicted octanol–water partition coefficient (Wildman–Crippen LogP) is 4.53. The van der Waals surface area contributed by atoms with Crippen molar-refractivity contribution in [3.05, 3.63) is 0 Å². The van der Waals surface area contributed by atoms with Gasteiger partial charge in [0.2, 0.25) is 0 Å². The van der Waals surface area contributed by atoms with E-state index in [1.807, 2.05) is 0 Å². The third kappa shape index (κ3) is 3.72. The van der Waals surface area contributed by atoms with Gasteiger partial charge in [-0.1, -0.05) is 40.5 Å². The number of rotatable bonds is 6. The summed E-state index contributed by atoms with van der Waals surface area (Å²) in [7, 11) is 0. The van der Waals surface area contributed by atoms with E-state index >= 15 is 0 Å². The molecule has 4 heteroatoms. The van der Waals surface area contributed by atoms with E-state index in [-0.39, 0.29) is 5.41 Å². The van der Waals surface area contributed by atoms with Crippen molar-refractivity contribution in [3.63, 3.8) is 0 Å². The van der Waals surface area contributed by atoms with E-state index in [2.05, 4.69) is 27.7 Å². The molecule has 0 aromatic rings. The van der Waals surface area contributed by atoms with E-state index in [0.29, 0.717) is 54.5 Å². The van der Waals surface area contributed by atoms with Crippen LogP contribution in [0.2, 0.25) is 0 Å². The minimum Gasteiger partial charge on any atom is -0.396 e. The van der Waals surface area contributed by atoms with E-state index in [9.17, 15) is 20.4 Å². The Labute approximate surface area is 189 Å². The number of aliphatic hydroxyl groups is 4. The molecule has 0 radical (unpaired) electrons. The van der Waals surface area contributed by atoms with Gasteiger partial charge in [-0.2, -0.15) is 0 Å². The standard InChI is InChI=1S/C27H48O4/c1-17(16-28)6-5-7-18(2)21-8-9-22-20-14-24(30)27(31)15-19(29)10-13-26(27,4)23(20)11-12-25(21,22)3/h17-24,28-31H,5-16H2,1-4H3/t17?,18-,19+,20?,21-,22?,23?,24-,25-,26-,27+/m1/s1. The van der Waals surface area contributed by atoms with Gasteiger partial charge in [0.05, 0.1) is 17.8 Å². The largest absolute Gasteiger partial charge is 0.396 e. The molecule has 0 amide bonds. The van der Waals surface area contributed by atoms with Crippen molar-refractivity contribution in [1.29, 1.82) is 0 Å². The van der Waals surface area contributed by atoms with Crippen LogP contribution in [0.3, 0.4) is 0 Å². The maximum Gasteiger partial charge on any atom is 0.0985 e. The first kappa shape index (κ1) is 24.0. The predicted molar refractivity (Wildman–Crippen MR) is 123 cm³/mol. The van der Waals surface area contributed by atoms with Gasteiger partial charge in [0, 0.05) is 18.4 Å². The van der Waals surface area contributed by atoms with Crippen LogP contribution in [-0.2, 0) is 0 Å². The molecule has 0 aromatic carbocycles. The van der Waals surface area contributed by atoms with Crippen LogP contribution in [0.1, 0.15) is 98.3 Å². The topological polar surface area (TPSA) is 80.9 Å². The fraction of sp³-hybridized carbons (Fsp3) is 1.00. The summed E-state index contributed by atoms with van der Waals surface area (Å²) in [5.74, 6) is 3.49. The average molecular weight is 437 g/mol. The smallest absolute Gasteiger partial charge is 0.0985 e. The van der Waals surface area contributed by atoms with Crippen LogP contribution < -0.4 is 0 Å². The Morgan fingerprint density at radius 3 is 2.39 bits per heavy atom. The number of hydrogen-bond acceptors (Lipinski definition) is 4. The highest BCUT2D eigenvalue weighted by atomic mass is 16.3. The minimum absolute atomic E-state index is 0.278. The lowest BCUT2D eigenvalue weighted by atomic mass is 9.42. The second kappa shape index (κ2) is 8.56. The zero-order chi connectivity index (χ0) is 22.6. The van der Waals surface area contributed by atoms with E-state index in [1.165, 1.54) is 32.1 Å². The Morgan fingerprint density at radius 1 is 0.935 bits per heavy atom. The van der Waals surface area contributed by atoms with Gasteiger partial charge >= 0.3 is 0 Å². The first-order chi connectivity index (χ1) is 14.6. The zero-order valence-electron chi connectivity index (χ0n) is 20.4. The van der Waals surface area contributed by atoms with Crippen LogP contribution in [0, 0.1) is 46.3 Å². The molecule has 4 aliphatic rings. The average Bonchev–Trinajstić information content (AvgIpc) is 3.07. The van der Waals surface area contributed by atoms with Crippen LogP contribution in [-0.4, -0.2) is 44.8 Å². The zero-order valence-corrected chi connectivity index (χ0v) is 20.4. The van der Waals surface area contributed by atoms with Gasteiger partial charge < -0.3 is 20.4 Å². The highest BCUT2D eigenvalue weighted by Gasteiger charge is 2.67. The van der Waals surface area contributed by atoms with E-state index in [1.54, 1.807) is 0 Å². The van der Waals surface area contributed by atoms with Crippen molar-refractivity contribution in [2.24, 2.45) is 46.3 Å². The lowest BCUT2D eigenvalue weighted by molar-refractivity contribution is -0.264. The van der Waals surface area contributed by atoms with Crippen molar-refractivity contribution >= 4 is 0 Å². The summed E-state index contributed by atoms with van der Waals surface area (Å²) in [6, 6.07) is 0. The molecule has 31 heavy (non-hydrogen) atoms. The van der Waals surface area contributed by atoms with Gasteiger partial charge in [-0.15, -0.1) is 0 Å². The Morgan fingerprint density at radius 2 is 1.68 bits per heavy atom. The third-order valence-corrected chi connectivity index (χ3v) is 11.3. The highest BCUT2D eigenvalue weighted by Crippen LogP contribution is 2.69. The molecule has 0 aromatic heterocycles. The molecule has 0 aliphatic heterocycles. The molecule has 4 rings (SSSR count). The molecule has 0 saturated heterocycles. The quantitative estimate of drug-likeness (QED) is 0.493. The van der Waals surface area contributed by atoms with Gasteiger partial charge in [0.25, 0.3) is 0 Å². The van der Waals surface area contributed by atoms with Crippen LogP contribution in [0.25, 0.3) is 0 Å². The fourth-order valence-electron chi connectivity index (χ4n) is 9.32. The van der Waals surface area contributed by atoms with E-state index in [4.69, 9.17) is 0 Å². The number of hydrogen-bond donors (Lipinski definition) is 4. The molecule has 180 valence electrons. The first-order valence-corrected chi connectivity index (χ1v) is 13.3. The SMILES string of the molecule is CC(CO)CCC[C@@H](C)[C@H]1CCC2C3C[C@@H](O)[C@@]4(O)C[C@@H](O)CC[C@]4(C)C3CC[C@@]21C. The molecule has 4 saturated carbocycles. The summed E-state index contributed by atoms with van der Waals surface area (Å²) < 4.78 is 0. The van der Waals surface area contributed by atoms with Gasteiger partial charge in [-0.25, -0.2) is 0 Å². The molecule has 4 aliphatic carbocycles. The van der Waals surface area contributed by atoms with Crippen molar-refractivity contribution in [2.45, 2.75) is 116 Å². The number of aliphatic hydroxyl groups excluding tert-OH is 3. The van der Waals surface area contributed by atoms with Crippen LogP contribution in [0.5, 0.6) is 0 Å². The van der Waals surface area contributed by atoms with Crippen molar-refractivity contribution in [3.8, 4) is 0 Å². The van der Waals surface area contributed by atoms with Crippen LogP contribution >= 0.6 is 0 Å². The Hall–Kier alpha value is -0.160. The van der Waals surface area contributed by atoms with Crippen LogP contribution in [0.4, 0.5) is 0 Å². The Balaban J connectivity index is 1.50.